The van der Waals surface area contributed by atoms with Gasteiger partial charge in [0, 0.05) is 5.56 Å². The topological polar surface area (TPSA) is 110 Å². The molecule has 0 fully saturated rings. The number of H-pyrrole nitrogens is 1. The summed E-state index contributed by atoms with van der Waals surface area (Å²) in [7, 11) is 0. The zero-order valence-corrected chi connectivity index (χ0v) is 15.9. The van der Waals surface area contributed by atoms with Gasteiger partial charge < -0.3 is 19.8 Å². The van der Waals surface area contributed by atoms with Crippen LogP contribution in [-0.2, 0) is 9.47 Å². The molecular formula is C17H27N3O5. The normalized spacial score (nSPS) is 12.6. The smallest absolute Gasteiger partial charge is 0.408 e. The molecule has 0 saturated carbocycles. The summed E-state index contributed by atoms with van der Waals surface area (Å²) in [6.45, 7) is 12.3. The highest BCUT2D eigenvalue weighted by Gasteiger charge is 2.26. The van der Waals surface area contributed by atoms with Gasteiger partial charge in [0.25, 0.3) is 5.56 Å². The number of carbonyl (C=O) groups is 2. The Balaban J connectivity index is 3.22. The lowest BCUT2D eigenvalue weighted by Crippen LogP contribution is -2.38. The highest BCUT2D eigenvalue weighted by Crippen LogP contribution is 2.19. The van der Waals surface area contributed by atoms with Crippen LogP contribution in [0.25, 0.3) is 0 Å². The third-order valence-electron chi connectivity index (χ3n) is 3.27. The van der Waals surface area contributed by atoms with Gasteiger partial charge in [-0.25, -0.2) is 14.6 Å². The van der Waals surface area contributed by atoms with Crippen molar-refractivity contribution in [2.24, 2.45) is 5.92 Å². The van der Waals surface area contributed by atoms with Crippen LogP contribution in [0.1, 0.15) is 69.5 Å². The van der Waals surface area contributed by atoms with Crippen molar-refractivity contribution >= 4 is 12.1 Å². The molecule has 0 radical (unpaired) electrons. The van der Waals surface area contributed by atoms with Crippen LogP contribution < -0.4 is 10.9 Å². The van der Waals surface area contributed by atoms with Crippen molar-refractivity contribution in [3.05, 3.63) is 27.4 Å². The summed E-state index contributed by atoms with van der Waals surface area (Å²) >= 11 is 0. The zero-order chi connectivity index (χ0) is 19.4. The Morgan fingerprint density at radius 3 is 2.36 bits per heavy atom. The first-order valence-corrected chi connectivity index (χ1v) is 8.23. The SMILES string of the molecule is CCOC(=O)c1nc(C(NC(=O)OC(C)(C)C)C(C)C)[nH]c(=O)c1C. The summed E-state index contributed by atoms with van der Waals surface area (Å²) < 4.78 is 10.2. The molecule has 2 N–H and O–H groups in total. The Morgan fingerprint density at radius 2 is 1.88 bits per heavy atom. The number of nitrogens with one attached hydrogen (secondary N) is 2. The van der Waals surface area contributed by atoms with E-state index in [0.717, 1.165) is 0 Å². The first-order valence-electron chi connectivity index (χ1n) is 8.23. The van der Waals surface area contributed by atoms with Crippen LogP contribution in [0.2, 0.25) is 0 Å². The fourth-order valence-electron chi connectivity index (χ4n) is 2.08. The maximum atomic E-state index is 12.2. The largest absolute Gasteiger partial charge is 0.461 e. The summed E-state index contributed by atoms with van der Waals surface area (Å²) in [4.78, 5) is 43.1. The second-order valence-electron chi connectivity index (χ2n) is 7.01. The molecule has 0 aliphatic rings. The molecule has 8 heteroatoms. The lowest BCUT2D eigenvalue weighted by atomic mass is 10.0. The van der Waals surface area contributed by atoms with Crippen molar-refractivity contribution < 1.29 is 19.1 Å². The standard InChI is InChI=1S/C17H27N3O5/c1-8-24-15(22)12-10(4)14(21)20-13(18-12)11(9(2)3)19-16(23)25-17(5,6)7/h9,11H,8H2,1-7H3,(H,19,23)(H,18,20,21). The van der Waals surface area contributed by atoms with Crippen LogP contribution in [0, 0.1) is 12.8 Å². The minimum Gasteiger partial charge on any atom is -0.461 e. The van der Waals surface area contributed by atoms with Gasteiger partial charge in [-0.2, -0.15) is 0 Å². The van der Waals surface area contributed by atoms with Gasteiger partial charge in [-0.15, -0.1) is 0 Å². The Bertz CT molecular complexity index is 689. The summed E-state index contributed by atoms with van der Waals surface area (Å²) in [6, 6.07) is -0.628. The van der Waals surface area contributed by atoms with Gasteiger partial charge in [0.05, 0.1) is 12.6 Å². The average Bonchev–Trinajstić information content (AvgIpc) is 2.45. The molecule has 1 heterocycles. The molecule has 0 bridgehead atoms. The van der Waals surface area contributed by atoms with Gasteiger partial charge in [-0.1, -0.05) is 13.8 Å². The third-order valence-corrected chi connectivity index (χ3v) is 3.27. The quantitative estimate of drug-likeness (QED) is 0.787. The molecule has 140 valence electrons. The van der Waals surface area contributed by atoms with E-state index in [-0.39, 0.29) is 29.6 Å². The lowest BCUT2D eigenvalue weighted by molar-refractivity contribution is 0.0486. The minimum absolute atomic E-state index is 0.0581. The maximum Gasteiger partial charge on any atom is 0.408 e. The van der Waals surface area contributed by atoms with E-state index in [1.54, 1.807) is 27.7 Å². The maximum absolute atomic E-state index is 12.2. The fraction of sp³-hybridized carbons (Fsp3) is 0.647. The Labute approximate surface area is 147 Å². The van der Waals surface area contributed by atoms with E-state index in [4.69, 9.17) is 9.47 Å². The molecule has 25 heavy (non-hydrogen) atoms. The molecule has 0 aromatic carbocycles. The van der Waals surface area contributed by atoms with Crippen LogP contribution in [0.5, 0.6) is 0 Å². The molecule has 8 nitrogen and oxygen atoms in total. The number of ether oxygens (including phenoxy) is 2. The molecule has 0 saturated heterocycles. The average molecular weight is 353 g/mol. The van der Waals surface area contributed by atoms with Gasteiger partial charge in [-0.05, 0) is 40.5 Å². The van der Waals surface area contributed by atoms with Crippen molar-refractivity contribution in [1.29, 1.82) is 0 Å². The predicted molar refractivity (Wildman–Crippen MR) is 92.5 cm³/mol. The van der Waals surface area contributed by atoms with E-state index in [1.807, 2.05) is 13.8 Å². The summed E-state index contributed by atoms with van der Waals surface area (Å²) in [6.07, 6.45) is -0.632. The molecule has 1 unspecified atom stereocenters. The first-order chi connectivity index (χ1) is 11.5. The van der Waals surface area contributed by atoms with E-state index < -0.39 is 29.3 Å². The highest BCUT2D eigenvalue weighted by molar-refractivity contribution is 5.88. The summed E-state index contributed by atoms with van der Waals surface area (Å²) in [5.74, 6) is -0.597. The van der Waals surface area contributed by atoms with Gasteiger partial charge in [-0.3, -0.25) is 4.79 Å². The summed E-state index contributed by atoms with van der Waals surface area (Å²) in [5, 5.41) is 2.69. The second kappa shape index (κ2) is 8.13. The summed E-state index contributed by atoms with van der Waals surface area (Å²) in [5.41, 5.74) is -1.00. The first kappa shape index (κ1) is 20.7. The predicted octanol–water partition coefficient (Wildman–Crippen LogP) is 2.48. The number of esters is 1. The number of hydrogen-bond donors (Lipinski definition) is 2. The van der Waals surface area contributed by atoms with Crippen molar-refractivity contribution in [2.75, 3.05) is 6.61 Å². The van der Waals surface area contributed by atoms with Gasteiger partial charge in [0.2, 0.25) is 0 Å². The molecule has 1 amide bonds. The number of aromatic amines is 1. The van der Waals surface area contributed by atoms with Gasteiger partial charge >= 0.3 is 12.1 Å². The van der Waals surface area contributed by atoms with Crippen molar-refractivity contribution in [3.63, 3.8) is 0 Å². The molecule has 1 atom stereocenters. The number of nitrogens with zero attached hydrogens (tertiary/aromatic N) is 1. The van der Waals surface area contributed by atoms with E-state index in [2.05, 4.69) is 15.3 Å². The van der Waals surface area contributed by atoms with Crippen LogP contribution in [-0.4, -0.2) is 34.2 Å². The highest BCUT2D eigenvalue weighted by atomic mass is 16.6. The number of amides is 1. The molecule has 0 aliphatic carbocycles. The Hall–Kier alpha value is -2.38. The van der Waals surface area contributed by atoms with E-state index in [0.29, 0.717) is 0 Å². The number of rotatable bonds is 5. The molecule has 1 aromatic rings. The van der Waals surface area contributed by atoms with Crippen LogP contribution in [0.15, 0.2) is 4.79 Å². The number of aromatic nitrogens is 2. The Kier molecular flexibility index (Phi) is 6.72. The van der Waals surface area contributed by atoms with Crippen LogP contribution in [0.3, 0.4) is 0 Å². The van der Waals surface area contributed by atoms with Crippen molar-refractivity contribution in [1.82, 2.24) is 15.3 Å². The minimum atomic E-state index is -0.674. The number of alkyl carbamates (subject to hydrolysis) is 1. The molecule has 0 spiro atoms. The van der Waals surface area contributed by atoms with Crippen LogP contribution in [0.4, 0.5) is 4.79 Å². The van der Waals surface area contributed by atoms with Crippen molar-refractivity contribution in [3.8, 4) is 0 Å². The molecule has 1 rings (SSSR count). The van der Waals surface area contributed by atoms with E-state index in [9.17, 15) is 14.4 Å². The molecule has 1 aromatic heterocycles. The molecular weight excluding hydrogens is 326 g/mol. The molecule has 0 aliphatic heterocycles. The van der Waals surface area contributed by atoms with Gasteiger partial charge in [0.1, 0.15) is 11.4 Å². The fourth-order valence-corrected chi connectivity index (χ4v) is 2.08. The number of carbonyl (C=O) groups excluding carboxylic acids is 2. The van der Waals surface area contributed by atoms with Gasteiger partial charge in [0.15, 0.2) is 5.69 Å². The van der Waals surface area contributed by atoms with E-state index in [1.165, 1.54) is 6.92 Å². The van der Waals surface area contributed by atoms with Crippen LogP contribution >= 0.6 is 0 Å². The second-order valence-corrected chi connectivity index (χ2v) is 7.01. The Morgan fingerprint density at radius 1 is 1.28 bits per heavy atom. The third kappa shape index (κ3) is 5.88. The lowest BCUT2D eigenvalue weighted by Gasteiger charge is -2.25. The monoisotopic (exact) mass is 353 g/mol. The van der Waals surface area contributed by atoms with Crippen molar-refractivity contribution in [2.45, 2.75) is 60.1 Å². The number of hydrogen-bond acceptors (Lipinski definition) is 6. The van der Waals surface area contributed by atoms with E-state index >= 15 is 0 Å². The zero-order valence-electron chi connectivity index (χ0n) is 15.9.